The van der Waals surface area contributed by atoms with E-state index in [1.165, 1.54) is 13.8 Å². The highest BCUT2D eigenvalue weighted by Crippen LogP contribution is 2.29. The molecule has 0 aromatic heterocycles. The van der Waals surface area contributed by atoms with E-state index < -0.39 is 33.9 Å². The third kappa shape index (κ3) is 4.19. The van der Waals surface area contributed by atoms with E-state index in [9.17, 15) is 21.6 Å². The summed E-state index contributed by atoms with van der Waals surface area (Å²) < 4.78 is 63.0. The molecule has 0 aliphatic carbocycles. The largest absolute Gasteiger partial charge is 0.416 e. The molecule has 2 N–H and O–H groups in total. The Labute approximate surface area is 109 Å². The van der Waals surface area contributed by atoms with Gasteiger partial charge in [0.15, 0.2) is 0 Å². The summed E-state index contributed by atoms with van der Waals surface area (Å²) in [6.45, 7) is 2.47. The number of halogens is 3. The van der Waals surface area contributed by atoms with Crippen molar-refractivity contribution in [3.63, 3.8) is 0 Å². The molecule has 1 aromatic carbocycles. The van der Waals surface area contributed by atoms with Crippen molar-refractivity contribution < 1.29 is 26.7 Å². The first-order valence-corrected chi connectivity index (χ1v) is 6.78. The van der Waals surface area contributed by atoms with Gasteiger partial charge >= 0.3 is 6.18 Å². The lowest BCUT2D eigenvalue weighted by molar-refractivity contribution is -0.137. The molecule has 0 unspecified atom stereocenters. The van der Waals surface area contributed by atoms with Crippen LogP contribution in [-0.4, -0.2) is 25.7 Å². The van der Waals surface area contributed by atoms with Gasteiger partial charge in [0, 0.05) is 0 Å². The number of sulfonamides is 1. The number of hydrogen-bond donors (Lipinski definition) is 2. The molecular formula is C11H14F3NO3S. The second-order valence-electron chi connectivity index (χ2n) is 4.67. The minimum Gasteiger partial charge on any atom is -0.394 e. The van der Waals surface area contributed by atoms with E-state index >= 15 is 0 Å². The van der Waals surface area contributed by atoms with Gasteiger partial charge in [-0.25, -0.2) is 13.1 Å². The molecule has 0 saturated heterocycles. The SMILES string of the molecule is CC(C)(CO)NS(=O)(=O)c1ccc(C(F)(F)F)cc1. The minimum atomic E-state index is -4.51. The Balaban J connectivity index is 3.04. The van der Waals surface area contributed by atoms with Crippen LogP contribution < -0.4 is 4.72 Å². The second kappa shape index (κ2) is 5.10. The van der Waals surface area contributed by atoms with E-state index in [0.29, 0.717) is 12.1 Å². The zero-order valence-electron chi connectivity index (χ0n) is 10.3. The number of hydrogen-bond acceptors (Lipinski definition) is 3. The fourth-order valence-electron chi connectivity index (χ4n) is 1.28. The van der Waals surface area contributed by atoms with Crippen LogP contribution in [0.5, 0.6) is 0 Å². The molecular weight excluding hydrogens is 283 g/mol. The van der Waals surface area contributed by atoms with Crippen molar-refractivity contribution >= 4 is 10.0 Å². The quantitative estimate of drug-likeness (QED) is 0.890. The topological polar surface area (TPSA) is 66.4 Å². The van der Waals surface area contributed by atoms with Crippen LogP contribution in [0.15, 0.2) is 29.2 Å². The monoisotopic (exact) mass is 297 g/mol. The van der Waals surface area contributed by atoms with Crippen molar-refractivity contribution in [2.45, 2.75) is 30.5 Å². The summed E-state index contributed by atoms with van der Waals surface area (Å²) in [5.74, 6) is 0. The van der Waals surface area contributed by atoms with Crippen LogP contribution in [0.4, 0.5) is 13.2 Å². The van der Waals surface area contributed by atoms with Crippen molar-refractivity contribution in [3.8, 4) is 0 Å². The molecule has 0 radical (unpaired) electrons. The van der Waals surface area contributed by atoms with Crippen LogP contribution in [0.1, 0.15) is 19.4 Å². The molecule has 8 heteroatoms. The lowest BCUT2D eigenvalue weighted by Crippen LogP contribution is -2.46. The Hall–Kier alpha value is -1.12. The van der Waals surface area contributed by atoms with E-state index in [-0.39, 0.29) is 4.90 Å². The number of benzene rings is 1. The normalized spacial score (nSPS) is 13.6. The predicted octanol–water partition coefficient (Wildman–Crippen LogP) is 1.75. The van der Waals surface area contributed by atoms with Gasteiger partial charge in [0.05, 0.1) is 22.6 Å². The second-order valence-corrected chi connectivity index (χ2v) is 6.35. The molecule has 0 bridgehead atoms. The van der Waals surface area contributed by atoms with Gasteiger partial charge in [-0.2, -0.15) is 13.2 Å². The highest BCUT2D eigenvalue weighted by Gasteiger charge is 2.31. The van der Waals surface area contributed by atoms with Crippen LogP contribution in [0.2, 0.25) is 0 Å². The standard InChI is InChI=1S/C11H14F3NO3S/c1-10(2,7-16)15-19(17,18)9-5-3-8(4-6-9)11(12,13)14/h3-6,15-16H,7H2,1-2H3. The Morgan fingerprint density at radius 3 is 2.00 bits per heavy atom. The van der Waals surface area contributed by atoms with Gasteiger partial charge in [0.25, 0.3) is 0 Å². The third-order valence-corrected chi connectivity index (χ3v) is 4.01. The maximum atomic E-state index is 12.3. The summed E-state index contributed by atoms with van der Waals surface area (Å²) in [5, 5.41) is 8.98. The molecule has 0 saturated carbocycles. The number of nitrogens with one attached hydrogen (secondary N) is 1. The lowest BCUT2D eigenvalue weighted by Gasteiger charge is -2.23. The maximum Gasteiger partial charge on any atom is 0.416 e. The van der Waals surface area contributed by atoms with Crippen LogP contribution in [-0.2, 0) is 16.2 Å². The van der Waals surface area contributed by atoms with E-state index in [1.807, 2.05) is 0 Å². The molecule has 0 heterocycles. The average molecular weight is 297 g/mol. The van der Waals surface area contributed by atoms with Crippen LogP contribution in [0.25, 0.3) is 0 Å². The molecule has 0 atom stereocenters. The smallest absolute Gasteiger partial charge is 0.394 e. The first-order chi connectivity index (χ1) is 8.48. The Morgan fingerprint density at radius 1 is 1.16 bits per heavy atom. The number of alkyl halides is 3. The van der Waals surface area contributed by atoms with Crippen molar-refractivity contribution in [3.05, 3.63) is 29.8 Å². The molecule has 4 nitrogen and oxygen atoms in total. The number of aliphatic hydroxyl groups excluding tert-OH is 1. The van der Waals surface area contributed by atoms with E-state index in [2.05, 4.69) is 4.72 Å². The zero-order valence-corrected chi connectivity index (χ0v) is 11.1. The van der Waals surface area contributed by atoms with Gasteiger partial charge in [-0.3, -0.25) is 0 Å². The summed E-state index contributed by atoms with van der Waals surface area (Å²) in [4.78, 5) is -0.290. The minimum absolute atomic E-state index is 0.290. The summed E-state index contributed by atoms with van der Waals surface area (Å²) in [5.41, 5.74) is -2.02. The summed E-state index contributed by atoms with van der Waals surface area (Å²) in [6.07, 6.45) is -4.51. The molecule has 0 fully saturated rings. The lowest BCUT2D eigenvalue weighted by atomic mass is 10.1. The van der Waals surface area contributed by atoms with Crippen molar-refractivity contribution in [1.29, 1.82) is 0 Å². The fourth-order valence-corrected chi connectivity index (χ4v) is 2.68. The fraction of sp³-hybridized carbons (Fsp3) is 0.455. The van der Waals surface area contributed by atoms with Crippen molar-refractivity contribution in [2.24, 2.45) is 0 Å². The van der Waals surface area contributed by atoms with E-state index in [1.54, 1.807) is 0 Å². The molecule has 0 spiro atoms. The molecule has 1 rings (SSSR count). The molecule has 0 aliphatic rings. The van der Waals surface area contributed by atoms with Gasteiger partial charge in [-0.1, -0.05) is 0 Å². The molecule has 108 valence electrons. The van der Waals surface area contributed by atoms with Gasteiger partial charge < -0.3 is 5.11 Å². The van der Waals surface area contributed by atoms with Gasteiger partial charge in [0.1, 0.15) is 0 Å². The predicted molar refractivity (Wildman–Crippen MR) is 62.9 cm³/mol. The number of aliphatic hydroxyl groups is 1. The Kier molecular flexibility index (Phi) is 4.28. The van der Waals surface area contributed by atoms with Gasteiger partial charge in [-0.05, 0) is 38.1 Å². The Bertz CT molecular complexity index is 535. The average Bonchev–Trinajstić information content (AvgIpc) is 2.27. The van der Waals surface area contributed by atoms with Crippen molar-refractivity contribution in [1.82, 2.24) is 4.72 Å². The van der Waals surface area contributed by atoms with Crippen LogP contribution >= 0.6 is 0 Å². The van der Waals surface area contributed by atoms with Gasteiger partial charge in [0.2, 0.25) is 10.0 Å². The summed E-state index contributed by atoms with van der Waals surface area (Å²) in [6, 6.07) is 3.14. The highest BCUT2D eigenvalue weighted by molar-refractivity contribution is 7.89. The highest BCUT2D eigenvalue weighted by atomic mass is 32.2. The Morgan fingerprint density at radius 2 is 1.63 bits per heavy atom. The first-order valence-electron chi connectivity index (χ1n) is 5.30. The zero-order chi connectivity index (χ0) is 14.9. The van der Waals surface area contributed by atoms with Crippen LogP contribution in [0, 0.1) is 0 Å². The first kappa shape index (κ1) is 15.9. The summed E-state index contributed by atoms with van der Waals surface area (Å²) in [7, 11) is -3.97. The third-order valence-electron chi connectivity index (χ3n) is 2.30. The summed E-state index contributed by atoms with van der Waals surface area (Å²) >= 11 is 0. The maximum absolute atomic E-state index is 12.3. The molecule has 0 amide bonds. The molecule has 19 heavy (non-hydrogen) atoms. The van der Waals surface area contributed by atoms with Crippen LogP contribution in [0.3, 0.4) is 0 Å². The molecule has 1 aromatic rings. The van der Waals surface area contributed by atoms with E-state index in [0.717, 1.165) is 12.1 Å². The number of rotatable bonds is 4. The van der Waals surface area contributed by atoms with Crippen molar-refractivity contribution in [2.75, 3.05) is 6.61 Å². The molecule has 0 aliphatic heterocycles. The van der Waals surface area contributed by atoms with E-state index in [4.69, 9.17) is 5.11 Å². The van der Waals surface area contributed by atoms with Gasteiger partial charge in [-0.15, -0.1) is 0 Å².